The summed E-state index contributed by atoms with van der Waals surface area (Å²) in [6.07, 6.45) is 9.21. The van der Waals surface area contributed by atoms with Crippen molar-refractivity contribution < 1.29 is 14.9 Å². The van der Waals surface area contributed by atoms with E-state index in [4.69, 9.17) is 10.5 Å². The number of aliphatic hydroxyl groups is 2. The number of nitrogen functional groups attached to an aromatic ring is 1. The molecule has 2 bridgehead atoms. The van der Waals surface area contributed by atoms with Crippen LogP contribution >= 0.6 is 0 Å². The zero-order valence-electron chi connectivity index (χ0n) is 22.2. The number of aliphatic hydroxyl groups excluding tert-OH is 2. The minimum Gasteiger partial charge on any atom is -0.388 e. The minimum absolute atomic E-state index is 0.0511. The van der Waals surface area contributed by atoms with E-state index in [0.29, 0.717) is 18.2 Å². The van der Waals surface area contributed by atoms with Crippen molar-refractivity contribution in [2.45, 2.75) is 75.4 Å². The van der Waals surface area contributed by atoms with Gasteiger partial charge in [-0.2, -0.15) is 0 Å². The Morgan fingerprint density at radius 2 is 1.97 bits per heavy atom. The lowest BCUT2D eigenvalue weighted by molar-refractivity contribution is -0.162. The monoisotopic (exact) mass is 499 g/mol. The summed E-state index contributed by atoms with van der Waals surface area (Å²) in [5.74, 6) is 0.893. The van der Waals surface area contributed by atoms with Crippen LogP contribution in [-0.2, 0) is 4.74 Å². The standard InChI is InChI=1S/C31H37N3O3/c1-17-15-29(2)21(19-5-6-20-18(13-19)9-12-33-28(20)32)7-8-25(29)31-11-10-30(37-31)16-24(34(3)4)27(36)26(35)23(30)14-22(17)31/h5-7,9,12-14,24-27,35-36H,8,10-11,15-16H2,1-4H3,(H2,32,33)/t24-,25?,26+,27+,29+,30+,31+/m0/s1. The average molecular weight is 500 g/mol. The molecule has 0 radical (unpaired) electrons. The lowest BCUT2D eigenvalue weighted by atomic mass is 9.56. The van der Waals surface area contributed by atoms with E-state index in [9.17, 15) is 10.2 Å². The highest BCUT2D eigenvalue weighted by atomic mass is 16.5. The topological polar surface area (TPSA) is 91.8 Å². The third-order valence-electron chi connectivity index (χ3n) is 10.5. The van der Waals surface area contributed by atoms with Crippen molar-refractivity contribution in [2.75, 3.05) is 19.8 Å². The van der Waals surface area contributed by atoms with Gasteiger partial charge in [0, 0.05) is 29.0 Å². The number of pyridine rings is 1. The molecule has 194 valence electrons. The number of rotatable bonds is 2. The van der Waals surface area contributed by atoms with Gasteiger partial charge in [-0.25, -0.2) is 4.98 Å². The fourth-order valence-corrected chi connectivity index (χ4v) is 8.82. The third-order valence-corrected chi connectivity index (χ3v) is 10.5. The maximum atomic E-state index is 11.2. The molecule has 5 aliphatic rings. The number of likely N-dealkylation sites (N-methyl/N-ethyl adjacent to an activating group) is 1. The Labute approximate surface area is 218 Å². The van der Waals surface area contributed by atoms with E-state index in [1.54, 1.807) is 6.20 Å². The molecule has 4 N–H and O–H groups in total. The van der Waals surface area contributed by atoms with E-state index >= 15 is 0 Å². The summed E-state index contributed by atoms with van der Waals surface area (Å²) in [7, 11) is 3.96. The number of hydrogen-bond donors (Lipinski definition) is 3. The average Bonchev–Trinajstić information content (AvgIpc) is 3.36. The number of aromatic nitrogens is 1. The number of ether oxygens (including phenoxy) is 1. The van der Waals surface area contributed by atoms with Gasteiger partial charge in [-0.3, -0.25) is 0 Å². The van der Waals surface area contributed by atoms with E-state index in [1.165, 1.54) is 22.3 Å². The highest BCUT2D eigenvalue weighted by molar-refractivity contribution is 5.93. The maximum Gasteiger partial charge on any atom is 0.131 e. The zero-order chi connectivity index (χ0) is 25.9. The fraction of sp³-hybridized carbons (Fsp3) is 0.516. The van der Waals surface area contributed by atoms with Crippen LogP contribution < -0.4 is 5.73 Å². The van der Waals surface area contributed by atoms with Crippen LogP contribution in [0.25, 0.3) is 16.3 Å². The molecule has 2 spiro atoms. The fourth-order valence-electron chi connectivity index (χ4n) is 8.82. The van der Waals surface area contributed by atoms with Crippen molar-refractivity contribution in [1.82, 2.24) is 9.88 Å². The van der Waals surface area contributed by atoms with Crippen molar-refractivity contribution >= 4 is 22.2 Å². The van der Waals surface area contributed by atoms with Crippen LogP contribution in [0.3, 0.4) is 0 Å². The number of benzene rings is 1. The smallest absolute Gasteiger partial charge is 0.131 e. The Morgan fingerprint density at radius 3 is 2.76 bits per heavy atom. The molecule has 2 fully saturated rings. The van der Waals surface area contributed by atoms with E-state index in [2.05, 4.69) is 49.2 Å². The summed E-state index contributed by atoms with van der Waals surface area (Å²) in [6, 6.07) is 8.46. The molecule has 6 heteroatoms. The van der Waals surface area contributed by atoms with Gasteiger partial charge in [-0.05, 0) is 92.9 Å². The first-order valence-electron chi connectivity index (χ1n) is 13.6. The van der Waals surface area contributed by atoms with Crippen LogP contribution in [0.2, 0.25) is 0 Å². The van der Waals surface area contributed by atoms with Gasteiger partial charge in [-0.1, -0.05) is 36.8 Å². The normalized spacial score (nSPS) is 40.4. The maximum absolute atomic E-state index is 11.2. The lowest BCUT2D eigenvalue weighted by Gasteiger charge is -2.56. The van der Waals surface area contributed by atoms with Gasteiger partial charge in [0.05, 0.1) is 17.3 Å². The number of nitrogens with two attached hydrogens (primary N) is 1. The Balaban J connectivity index is 1.33. The van der Waals surface area contributed by atoms with Gasteiger partial charge in [0.1, 0.15) is 11.9 Å². The van der Waals surface area contributed by atoms with Crippen LogP contribution in [0.4, 0.5) is 5.82 Å². The van der Waals surface area contributed by atoms with Gasteiger partial charge in [0.2, 0.25) is 0 Å². The lowest BCUT2D eigenvalue weighted by Crippen LogP contribution is -2.62. The van der Waals surface area contributed by atoms with E-state index in [-0.39, 0.29) is 17.1 Å². The summed E-state index contributed by atoms with van der Waals surface area (Å²) in [6.45, 7) is 4.66. The molecule has 1 saturated heterocycles. The van der Waals surface area contributed by atoms with Crippen LogP contribution in [0.15, 0.2) is 59.3 Å². The Morgan fingerprint density at radius 1 is 1.16 bits per heavy atom. The van der Waals surface area contributed by atoms with Gasteiger partial charge in [-0.15, -0.1) is 0 Å². The van der Waals surface area contributed by atoms with E-state index in [0.717, 1.165) is 42.0 Å². The molecule has 3 heterocycles. The van der Waals surface area contributed by atoms with Crippen LogP contribution in [-0.4, -0.2) is 63.6 Å². The molecular weight excluding hydrogens is 462 g/mol. The first-order valence-corrected chi connectivity index (χ1v) is 13.6. The van der Waals surface area contributed by atoms with Crippen molar-refractivity contribution in [3.05, 3.63) is 64.9 Å². The Bertz CT molecular complexity index is 1430. The van der Waals surface area contributed by atoms with Crippen molar-refractivity contribution in [1.29, 1.82) is 0 Å². The molecular formula is C31H37N3O3. The van der Waals surface area contributed by atoms with E-state index in [1.807, 2.05) is 25.1 Å². The van der Waals surface area contributed by atoms with E-state index < -0.39 is 17.8 Å². The quantitative estimate of drug-likeness (QED) is 0.573. The molecule has 2 aliphatic heterocycles. The predicted octanol–water partition coefficient (Wildman–Crippen LogP) is 4.23. The number of nitrogens with zero attached hydrogens (tertiary/aromatic N) is 2. The molecule has 0 amide bonds. The molecule has 1 saturated carbocycles. The first-order chi connectivity index (χ1) is 17.6. The first kappa shape index (κ1) is 23.6. The van der Waals surface area contributed by atoms with Crippen LogP contribution in [0.5, 0.6) is 0 Å². The predicted molar refractivity (Wildman–Crippen MR) is 146 cm³/mol. The zero-order valence-corrected chi connectivity index (χ0v) is 22.2. The number of fused-ring (bicyclic) bond motifs is 2. The molecule has 1 aromatic carbocycles. The number of allylic oxidation sites excluding steroid dienone is 3. The van der Waals surface area contributed by atoms with Crippen molar-refractivity contribution in [3.8, 4) is 0 Å². The molecule has 37 heavy (non-hydrogen) atoms. The Kier molecular flexibility index (Phi) is 4.81. The molecule has 7 atom stereocenters. The largest absolute Gasteiger partial charge is 0.388 e. The summed E-state index contributed by atoms with van der Waals surface area (Å²) >= 11 is 0. The molecule has 1 aromatic heterocycles. The minimum atomic E-state index is -0.900. The molecule has 6 nitrogen and oxygen atoms in total. The molecule has 2 aromatic rings. The SMILES string of the molecule is CC1=C2C=C3[C@@H](O)[C@H](O)[C@@H](N(C)C)C[C@]34CC[C@]2(O4)C2CC=C(c3ccc4c(N)nccc4c3)[C@@]2(C)C1. The second kappa shape index (κ2) is 7.54. The summed E-state index contributed by atoms with van der Waals surface area (Å²) in [5, 5.41) is 24.3. The van der Waals surface area contributed by atoms with Gasteiger partial charge >= 0.3 is 0 Å². The number of hydrogen-bond acceptors (Lipinski definition) is 6. The highest BCUT2D eigenvalue weighted by Gasteiger charge is 2.68. The third kappa shape index (κ3) is 2.93. The molecule has 3 aliphatic carbocycles. The second-order valence-electron chi connectivity index (χ2n) is 12.6. The number of anilines is 1. The summed E-state index contributed by atoms with van der Waals surface area (Å²) in [4.78, 5) is 6.29. The van der Waals surface area contributed by atoms with Crippen molar-refractivity contribution in [3.63, 3.8) is 0 Å². The summed E-state index contributed by atoms with van der Waals surface area (Å²) in [5.41, 5.74) is 11.3. The Hall–Kier alpha value is -2.51. The van der Waals surface area contributed by atoms with Crippen LogP contribution in [0.1, 0.15) is 51.5 Å². The molecule has 7 rings (SSSR count). The van der Waals surface area contributed by atoms with Gasteiger partial charge in [0.15, 0.2) is 0 Å². The van der Waals surface area contributed by atoms with Crippen molar-refractivity contribution in [2.24, 2.45) is 11.3 Å². The molecule has 1 unspecified atom stereocenters. The van der Waals surface area contributed by atoms with Gasteiger partial charge in [0.25, 0.3) is 0 Å². The summed E-state index contributed by atoms with van der Waals surface area (Å²) < 4.78 is 7.32. The second-order valence-corrected chi connectivity index (χ2v) is 12.6. The van der Waals surface area contributed by atoms with Gasteiger partial charge < -0.3 is 25.6 Å². The van der Waals surface area contributed by atoms with Crippen LogP contribution in [0, 0.1) is 11.3 Å². The highest BCUT2D eigenvalue weighted by Crippen LogP contribution is 2.69.